The third-order valence-electron chi connectivity index (χ3n) is 3.72. The first kappa shape index (κ1) is 11.7. The Labute approximate surface area is 116 Å². The van der Waals surface area contributed by atoms with Crippen LogP contribution in [0.3, 0.4) is 0 Å². The average Bonchev–Trinajstić information content (AvgIpc) is 3.19. The van der Waals surface area contributed by atoms with Gasteiger partial charge in [0.2, 0.25) is 0 Å². The molecule has 20 heavy (non-hydrogen) atoms. The van der Waals surface area contributed by atoms with Gasteiger partial charge in [-0.1, -0.05) is 0 Å². The van der Waals surface area contributed by atoms with Crippen molar-refractivity contribution in [2.75, 3.05) is 13.2 Å². The van der Waals surface area contributed by atoms with Gasteiger partial charge in [0.25, 0.3) is 0 Å². The van der Waals surface area contributed by atoms with E-state index in [-0.39, 0.29) is 0 Å². The zero-order valence-electron chi connectivity index (χ0n) is 11.0. The molecule has 5 heteroatoms. The molecule has 1 aliphatic heterocycles. The largest absolute Gasteiger partial charge is 0.467 e. The molecule has 3 aromatic heterocycles. The first-order valence-electron chi connectivity index (χ1n) is 6.83. The number of aromatic nitrogens is 3. The second kappa shape index (κ2) is 4.76. The van der Waals surface area contributed by atoms with E-state index in [1.54, 1.807) is 12.5 Å². The minimum atomic E-state index is 0.346. The summed E-state index contributed by atoms with van der Waals surface area (Å²) in [5.41, 5.74) is 1.84. The average molecular weight is 269 g/mol. The van der Waals surface area contributed by atoms with Crippen molar-refractivity contribution in [3.05, 3.63) is 48.3 Å². The van der Waals surface area contributed by atoms with E-state index in [0.29, 0.717) is 12.5 Å². The molecule has 102 valence electrons. The van der Waals surface area contributed by atoms with Crippen LogP contribution < -0.4 is 0 Å². The maximum absolute atomic E-state index is 5.50. The predicted octanol–water partition coefficient (Wildman–Crippen LogP) is 2.58. The summed E-state index contributed by atoms with van der Waals surface area (Å²) in [5.74, 6) is 2.31. The van der Waals surface area contributed by atoms with Gasteiger partial charge in [0.1, 0.15) is 17.1 Å². The predicted molar refractivity (Wildman–Crippen MR) is 73.5 cm³/mol. The van der Waals surface area contributed by atoms with Crippen molar-refractivity contribution in [2.24, 2.45) is 0 Å². The Morgan fingerprint density at radius 3 is 3.10 bits per heavy atom. The van der Waals surface area contributed by atoms with Gasteiger partial charge >= 0.3 is 0 Å². The number of pyridine rings is 1. The molecule has 5 nitrogen and oxygen atoms in total. The summed E-state index contributed by atoms with van der Waals surface area (Å²) in [5, 5.41) is 0. The lowest BCUT2D eigenvalue weighted by atomic mass is 10.1. The fourth-order valence-corrected chi connectivity index (χ4v) is 2.74. The molecule has 1 fully saturated rings. The summed E-state index contributed by atoms with van der Waals surface area (Å²) < 4.78 is 13.1. The quantitative estimate of drug-likeness (QED) is 0.733. The first-order valence-corrected chi connectivity index (χ1v) is 6.83. The van der Waals surface area contributed by atoms with Crippen LogP contribution in [0.2, 0.25) is 0 Å². The molecule has 3 aromatic rings. The maximum atomic E-state index is 5.50. The number of imidazole rings is 1. The van der Waals surface area contributed by atoms with Crippen LogP contribution >= 0.6 is 0 Å². The number of ether oxygens (including phenoxy) is 1. The highest BCUT2D eigenvalue weighted by Gasteiger charge is 2.25. The van der Waals surface area contributed by atoms with Gasteiger partial charge in [-0.25, -0.2) is 9.97 Å². The monoisotopic (exact) mass is 269 g/mol. The molecule has 0 aliphatic carbocycles. The van der Waals surface area contributed by atoms with Gasteiger partial charge < -0.3 is 13.7 Å². The second-order valence-electron chi connectivity index (χ2n) is 5.04. The number of hydrogen-bond donors (Lipinski definition) is 0. The van der Waals surface area contributed by atoms with Crippen LogP contribution in [0.15, 0.2) is 41.1 Å². The molecule has 4 rings (SSSR count). The van der Waals surface area contributed by atoms with Crippen molar-refractivity contribution in [2.45, 2.75) is 18.9 Å². The van der Waals surface area contributed by atoms with Crippen LogP contribution in [0.5, 0.6) is 0 Å². The van der Waals surface area contributed by atoms with Crippen molar-refractivity contribution >= 4 is 11.2 Å². The third-order valence-corrected chi connectivity index (χ3v) is 3.72. The molecule has 0 radical (unpaired) electrons. The van der Waals surface area contributed by atoms with Gasteiger partial charge in [-0.05, 0) is 30.7 Å². The molecule has 0 spiro atoms. The standard InChI is InChI=1S/C15H15N3O2/c1-4-13-15(16-6-1)18(9-12-3-2-7-20-12)14(17-13)11-5-8-19-10-11/h1-4,6-7,11H,5,8-10H2. The number of rotatable bonds is 3. The molecule has 1 aliphatic rings. The number of nitrogens with zero attached hydrogens (tertiary/aromatic N) is 3. The summed E-state index contributed by atoms with van der Waals surface area (Å²) in [6.45, 7) is 2.20. The Hall–Kier alpha value is -2.14. The lowest BCUT2D eigenvalue weighted by Crippen LogP contribution is -2.10. The van der Waals surface area contributed by atoms with Gasteiger partial charge in [-0.2, -0.15) is 0 Å². The maximum Gasteiger partial charge on any atom is 0.160 e. The molecule has 1 unspecified atom stereocenters. The van der Waals surface area contributed by atoms with Gasteiger partial charge in [-0.15, -0.1) is 0 Å². The van der Waals surface area contributed by atoms with Crippen LogP contribution in [-0.2, 0) is 11.3 Å². The van der Waals surface area contributed by atoms with Crippen molar-refractivity contribution < 1.29 is 9.15 Å². The van der Waals surface area contributed by atoms with Crippen molar-refractivity contribution in [3.8, 4) is 0 Å². The SMILES string of the molecule is c1coc(Cn2c(C3CCOC3)nc3cccnc32)c1. The van der Waals surface area contributed by atoms with E-state index in [1.807, 2.05) is 24.3 Å². The summed E-state index contributed by atoms with van der Waals surface area (Å²) in [4.78, 5) is 9.23. The van der Waals surface area contributed by atoms with Crippen molar-refractivity contribution in [3.63, 3.8) is 0 Å². The van der Waals surface area contributed by atoms with Gasteiger partial charge in [0.05, 0.1) is 19.4 Å². The normalized spacial score (nSPS) is 18.9. The number of hydrogen-bond acceptors (Lipinski definition) is 4. The molecule has 1 saturated heterocycles. The highest BCUT2D eigenvalue weighted by molar-refractivity contribution is 5.71. The van der Waals surface area contributed by atoms with E-state index in [4.69, 9.17) is 14.1 Å². The van der Waals surface area contributed by atoms with Crippen LogP contribution in [0.1, 0.15) is 23.9 Å². The minimum Gasteiger partial charge on any atom is -0.467 e. The molecule has 4 heterocycles. The molecular formula is C15H15N3O2. The van der Waals surface area contributed by atoms with E-state index in [0.717, 1.165) is 42.4 Å². The smallest absolute Gasteiger partial charge is 0.160 e. The zero-order chi connectivity index (χ0) is 13.4. The Kier molecular flexibility index (Phi) is 2.77. The molecular weight excluding hydrogens is 254 g/mol. The molecule has 1 atom stereocenters. The summed E-state index contributed by atoms with van der Waals surface area (Å²) in [6, 6.07) is 7.80. The van der Waals surface area contributed by atoms with E-state index in [1.165, 1.54) is 0 Å². The molecule has 0 bridgehead atoms. The fourth-order valence-electron chi connectivity index (χ4n) is 2.74. The third kappa shape index (κ3) is 1.91. The van der Waals surface area contributed by atoms with Crippen LogP contribution in [0, 0.1) is 0 Å². The Morgan fingerprint density at radius 2 is 2.30 bits per heavy atom. The number of furan rings is 1. The van der Waals surface area contributed by atoms with Crippen molar-refractivity contribution in [1.29, 1.82) is 0 Å². The van der Waals surface area contributed by atoms with Crippen LogP contribution in [0.25, 0.3) is 11.2 Å². The van der Waals surface area contributed by atoms with Crippen LogP contribution in [-0.4, -0.2) is 27.7 Å². The highest BCUT2D eigenvalue weighted by Crippen LogP contribution is 2.28. The van der Waals surface area contributed by atoms with Gasteiger partial charge in [0, 0.05) is 18.7 Å². The Bertz CT molecular complexity index is 712. The highest BCUT2D eigenvalue weighted by atomic mass is 16.5. The van der Waals surface area contributed by atoms with Crippen molar-refractivity contribution in [1.82, 2.24) is 14.5 Å². The summed E-state index contributed by atoms with van der Waals surface area (Å²) in [6.07, 6.45) is 4.51. The Morgan fingerprint density at radius 1 is 1.30 bits per heavy atom. The topological polar surface area (TPSA) is 53.1 Å². The molecule has 0 amide bonds. The molecule has 0 saturated carbocycles. The Balaban J connectivity index is 1.83. The van der Waals surface area contributed by atoms with E-state index >= 15 is 0 Å². The van der Waals surface area contributed by atoms with Gasteiger partial charge in [0.15, 0.2) is 5.65 Å². The number of fused-ring (bicyclic) bond motifs is 1. The summed E-state index contributed by atoms with van der Waals surface area (Å²) >= 11 is 0. The lowest BCUT2D eigenvalue weighted by Gasteiger charge is -2.10. The summed E-state index contributed by atoms with van der Waals surface area (Å²) in [7, 11) is 0. The van der Waals surface area contributed by atoms with E-state index in [2.05, 4.69) is 9.55 Å². The van der Waals surface area contributed by atoms with Crippen LogP contribution in [0.4, 0.5) is 0 Å². The van der Waals surface area contributed by atoms with Gasteiger partial charge in [-0.3, -0.25) is 0 Å². The minimum absolute atomic E-state index is 0.346. The molecule has 0 aromatic carbocycles. The van der Waals surface area contributed by atoms with E-state index < -0.39 is 0 Å². The lowest BCUT2D eigenvalue weighted by molar-refractivity contribution is 0.192. The second-order valence-corrected chi connectivity index (χ2v) is 5.04. The molecule has 0 N–H and O–H groups in total. The first-order chi connectivity index (χ1) is 9.92. The van der Waals surface area contributed by atoms with E-state index in [9.17, 15) is 0 Å². The fraction of sp³-hybridized carbons (Fsp3) is 0.333. The zero-order valence-corrected chi connectivity index (χ0v) is 11.0.